The Kier molecular flexibility index (Phi) is 4.45. The lowest BCUT2D eigenvalue weighted by atomic mass is 9.96. The maximum atomic E-state index is 12.9. The van der Waals surface area contributed by atoms with Crippen molar-refractivity contribution in [1.82, 2.24) is 25.1 Å². The summed E-state index contributed by atoms with van der Waals surface area (Å²) in [6, 6.07) is 7.35. The summed E-state index contributed by atoms with van der Waals surface area (Å²) < 4.78 is 24.6. The first-order valence-electron chi connectivity index (χ1n) is 13.7. The van der Waals surface area contributed by atoms with E-state index in [2.05, 4.69) is 44.3 Å². The van der Waals surface area contributed by atoms with E-state index in [1.807, 2.05) is 30.6 Å². The molecule has 3 aromatic rings. The van der Waals surface area contributed by atoms with Crippen LogP contribution in [0.25, 0.3) is 11.3 Å². The van der Waals surface area contributed by atoms with Crippen molar-refractivity contribution in [1.29, 1.82) is 0 Å². The van der Waals surface area contributed by atoms with E-state index >= 15 is 0 Å². The summed E-state index contributed by atoms with van der Waals surface area (Å²) in [6.07, 6.45) is 3.94. The molecule has 10 heteroatoms. The Morgan fingerprint density at radius 1 is 1.11 bits per heavy atom. The van der Waals surface area contributed by atoms with E-state index in [0.717, 1.165) is 54.1 Å². The summed E-state index contributed by atoms with van der Waals surface area (Å²) >= 11 is 0. The number of benzene rings is 1. The molecule has 2 saturated carbocycles. The van der Waals surface area contributed by atoms with Gasteiger partial charge < -0.3 is 25.4 Å². The SMILES string of the molecule is [2H]C([2H])([2H])NC(=O)c1nnc(NC(=O)C2CC2)cc1Nc1cccc2c1N(C)[C@@H](C)c1c-2nc(C2CC2)n1C. The number of anilines is 4. The number of nitrogens with one attached hydrogen (secondary N) is 3. The molecule has 3 heterocycles. The van der Waals surface area contributed by atoms with Crippen LogP contribution in [0.15, 0.2) is 24.3 Å². The van der Waals surface area contributed by atoms with E-state index in [9.17, 15) is 9.59 Å². The molecule has 0 bridgehead atoms. The first-order chi connectivity index (χ1) is 18.5. The van der Waals surface area contributed by atoms with Gasteiger partial charge in [0.2, 0.25) is 5.91 Å². The predicted octanol–water partition coefficient (Wildman–Crippen LogP) is 3.72. The van der Waals surface area contributed by atoms with Crippen molar-refractivity contribution in [3.8, 4) is 11.3 Å². The molecule has 3 aliphatic rings. The molecule has 36 heavy (non-hydrogen) atoms. The number of amides is 2. The summed E-state index contributed by atoms with van der Waals surface area (Å²) in [5.41, 5.74) is 4.64. The Morgan fingerprint density at radius 2 is 1.92 bits per heavy atom. The van der Waals surface area contributed by atoms with Gasteiger partial charge >= 0.3 is 0 Å². The minimum Gasteiger partial charge on any atom is -0.364 e. The Hall–Kier alpha value is -3.95. The summed E-state index contributed by atoms with van der Waals surface area (Å²) in [4.78, 5) is 32.4. The molecule has 1 aliphatic heterocycles. The minimum atomic E-state index is -2.70. The average molecular weight is 490 g/mol. The zero-order valence-corrected chi connectivity index (χ0v) is 20.4. The molecule has 186 valence electrons. The van der Waals surface area contributed by atoms with Crippen LogP contribution in [-0.2, 0) is 11.8 Å². The summed E-state index contributed by atoms with van der Waals surface area (Å²) in [7, 11) is 4.09. The Balaban J connectivity index is 1.41. The molecule has 2 aromatic heterocycles. The zero-order chi connectivity index (χ0) is 27.6. The zero-order valence-electron chi connectivity index (χ0n) is 23.4. The molecule has 1 atom stereocenters. The predicted molar refractivity (Wildman–Crippen MR) is 137 cm³/mol. The normalized spacial score (nSPS) is 19.9. The minimum absolute atomic E-state index is 0.0303. The summed E-state index contributed by atoms with van der Waals surface area (Å²) in [5, 5.41) is 16.0. The number of fused-ring (bicyclic) bond motifs is 3. The number of imidazole rings is 1. The van der Waals surface area contributed by atoms with Crippen LogP contribution in [0.1, 0.15) is 70.7 Å². The van der Waals surface area contributed by atoms with Gasteiger partial charge in [0.15, 0.2) is 11.5 Å². The van der Waals surface area contributed by atoms with Gasteiger partial charge in [-0.1, -0.05) is 12.1 Å². The van der Waals surface area contributed by atoms with Gasteiger partial charge in [-0.2, -0.15) is 0 Å². The Labute approximate surface area is 213 Å². The topological polar surface area (TPSA) is 117 Å². The fourth-order valence-corrected chi connectivity index (χ4v) is 5.00. The molecule has 3 N–H and O–H groups in total. The smallest absolute Gasteiger partial charge is 0.273 e. The number of carbonyl (C=O) groups excluding carboxylic acids is 2. The second-order valence-corrected chi connectivity index (χ2v) is 9.86. The van der Waals surface area contributed by atoms with Crippen LogP contribution >= 0.6 is 0 Å². The molecule has 1 aromatic carbocycles. The van der Waals surface area contributed by atoms with Crippen LogP contribution in [0.3, 0.4) is 0 Å². The second kappa shape index (κ2) is 8.32. The number of hydrogen-bond acceptors (Lipinski definition) is 7. The third kappa shape index (κ3) is 3.68. The molecule has 0 unspecified atom stereocenters. The van der Waals surface area contributed by atoms with Gasteiger partial charge in [-0.25, -0.2) is 4.98 Å². The van der Waals surface area contributed by atoms with Crippen molar-refractivity contribution >= 4 is 34.7 Å². The highest BCUT2D eigenvalue weighted by Crippen LogP contribution is 2.50. The van der Waals surface area contributed by atoms with Crippen LogP contribution in [0, 0.1) is 5.92 Å². The number of nitrogens with zero attached hydrogens (tertiary/aromatic N) is 5. The van der Waals surface area contributed by atoms with Crippen molar-refractivity contribution in [2.45, 2.75) is 44.6 Å². The van der Waals surface area contributed by atoms with Crippen molar-refractivity contribution < 1.29 is 13.7 Å². The van der Waals surface area contributed by atoms with E-state index in [-0.39, 0.29) is 35.1 Å². The number of aromatic nitrogens is 4. The lowest BCUT2D eigenvalue weighted by molar-refractivity contribution is -0.117. The lowest BCUT2D eigenvalue weighted by Crippen LogP contribution is -2.28. The van der Waals surface area contributed by atoms with Crippen LogP contribution in [0.2, 0.25) is 0 Å². The van der Waals surface area contributed by atoms with Crippen molar-refractivity contribution in [3.63, 3.8) is 0 Å². The molecular formula is C26H30N8O2. The molecule has 2 aliphatic carbocycles. The quantitative estimate of drug-likeness (QED) is 0.483. The summed E-state index contributed by atoms with van der Waals surface area (Å²) in [6.45, 7) is -0.573. The first kappa shape index (κ1) is 19.3. The number of rotatable bonds is 6. The van der Waals surface area contributed by atoms with Gasteiger partial charge in [-0.3, -0.25) is 9.59 Å². The van der Waals surface area contributed by atoms with Crippen molar-refractivity contribution in [3.05, 3.63) is 41.5 Å². The lowest BCUT2D eigenvalue weighted by Gasteiger charge is -2.35. The van der Waals surface area contributed by atoms with Gasteiger partial charge in [-0.05, 0) is 38.7 Å². The van der Waals surface area contributed by atoms with E-state index in [4.69, 9.17) is 9.10 Å². The molecule has 10 nitrogen and oxygen atoms in total. The molecule has 6 rings (SSSR count). The largest absolute Gasteiger partial charge is 0.364 e. The maximum absolute atomic E-state index is 12.9. The van der Waals surface area contributed by atoms with Gasteiger partial charge in [0.05, 0.1) is 34.5 Å². The molecule has 0 saturated heterocycles. The van der Waals surface area contributed by atoms with Crippen LogP contribution in [0.4, 0.5) is 22.9 Å². The fourth-order valence-electron chi connectivity index (χ4n) is 5.00. The van der Waals surface area contributed by atoms with Crippen LogP contribution < -0.4 is 20.9 Å². The highest BCUT2D eigenvalue weighted by atomic mass is 16.2. The fraction of sp³-hybridized carbons (Fsp3) is 0.423. The monoisotopic (exact) mass is 489 g/mol. The van der Waals surface area contributed by atoms with E-state index < -0.39 is 12.9 Å². The van der Waals surface area contributed by atoms with Gasteiger partial charge in [-0.15, -0.1) is 10.2 Å². The van der Waals surface area contributed by atoms with E-state index in [1.165, 1.54) is 6.07 Å². The van der Waals surface area contributed by atoms with Gasteiger partial charge in [0.25, 0.3) is 5.91 Å². The van der Waals surface area contributed by atoms with Crippen molar-refractivity contribution in [2.75, 3.05) is 29.6 Å². The highest BCUT2D eigenvalue weighted by molar-refractivity contribution is 6.01. The molecule has 2 fully saturated rings. The molecule has 0 radical (unpaired) electrons. The van der Waals surface area contributed by atoms with Gasteiger partial charge in [0, 0.05) is 48.6 Å². The Bertz CT molecular complexity index is 1490. The third-order valence-electron chi connectivity index (χ3n) is 7.33. The average Bonchev–Trinajstić information content (AvgIpc) is 3.79. The third-order valence-corrected chi connectivity index (χ3v) is 7.33. The molecule has 2 amide bonds. The maximum Gasteiger partial charge on any atom is 0.273 e. The molecular weight excluding hydrogens is 456 g/mol. The van der Waals surface area contributed by atoms with Crippen LogP contribution in [-0.4, -0.2) is 45.6 Å². The van der Waals surface area contributed by atoms with E-state index in [1.54, 1.807) is 0 Å². The number of carbonyl (C=O) groups is 2. The van der Waals surface area contributed by atoms with Gasteiger partial charge in [0.1, 0.15) is 5.82 Å². The Morgan fingerprint density at radius 3 is 2.64 bits per heavy atom. The van der Waals surface area contributed by atoms with Crippen LogP contribution in [0.5, 0.6) is 0 Å². The standard InChI is InChI=1S/C26H30N8O2/c1-13-22-20(30-24(34(22)4)14-8-9-14)16-6-5-7-17(23(16)33(13)3)28-18-12-19(29-25(35)15-10-11-15)31-32-21(18)26(36)27-2/h5-7,12-15H,8-11H2,1-4H3,(H,27,36)(H2,28,29,31,35)/t13-/m0/s1/i2D3. The number of hydrogen-bond donors (Lipinski definition) is 3. The first-order valence-corrected chi connectivity index (χ1v) is 12.2. The van der Waals surface area contributed by atoms with Crippen molar-refractivity contribution in [2.24, 2.45) is 13.0 Å². The number of para-hydroxylation sites is 1. The van der Waals surface area contributed by atoms with E-state index in [0.29, 0.717) is 11.6 Å². The highest BCUT2D eigenvalue weighted by Gasteiger charge is 2.37. The molecule has 0 spiro atoms. The summed E-state index contributed by atoms with van der Waals surface area (Å²) in [5.74, 6) is 0.657. The second-order valence-electron chi connectivity index (χ2n) is 9.86.